The number of nitrogens with zero attached hydrogens (tertiary/aromatic N) is 1. The van der Waals surface area contributed by atoms with Crippen LogP contribution in [0.5, 0.6) is 0 Å². The van der Waals surface area contributed by atoms with Crippen LogP contribution in [0.4, 0.5) is 0 Å². The molecule has 4 heterocycles. The predicted molar refractivity (Wildman–Crippen MR) is 397 cm³/mol. The minimum absolute atomic E-state index is 0.0120. The zero-order valence-corrected chi connectivity index (χ0v) is 66.1. The van der Waals surface area contributed by atoms with E-state index in [9.17, 15) is 93.9 Å². The summed E-state index contributed by atoms with van der Waals surface area (Å²) in [5.74, 6) is -3.33. The number of hydrogen-bond donors (Lipinski definition) is 18. The largest absolute Gasteiger partial charge is 0.394 e. The second-order valence-electron chi connectivity index (χ2n) is 28.9. The number of carbonyl (C=O) groups is 10. The van der Waals surface area contributed by atoms with E-state index in [1.54, 1.807) is 4.90 Å². The molecule has 0 bridgehead atoms. The smallest absolute Gasteiger partial charge is 0.224 e. The number of unbranched alkanes of at least 4 members (excludes halogenated alkanes) is 3. The molecule has 0 radical (unpaired) electrons. The van der Waals surface area contributed by atoms with Crippen molar-refractivity contribution in [2.75, 3.05) is 145 Å². The standard InChI is InChI=1S/C73H130N10O30/c1-46(2)110-50-18-30-83(31-19-50)60(96)23-38-106-45-73(42-103-35-20-57(93)77-27-12-24-74-54(90)15-6-9-32-107-70-61(80-47(3)87)67(100)64(97)51(39-84)111-70,43-104-36-21-58(94)78-28-13-25-75-55(91)16-7-10-33-108-71-62(81-48(4)88)68(101)65(98)52(40-85)112-71)44-105-37-22-59(95)79-29-14-26-76-56(92)17-8-11-34-109-72-63(82-49(5)89)69(102)66(99)53(41-86)113-72/h46,50-53,61-72,84-86,97-102H,6-45H2,1-5H3,(H,74,90)(H,75,91)(H,76,92)(H,77,93)(H,78,94)(H,79,95)(H,80,87)(H,81,88)(H,82,89). The van der Waals surface area contributed by atoms with Crippen molar-refractivity contribution in [2.24, 2.45) is 5.41 Å². The number of amides is 10. The normalized spacial score (nSPS) is 25.2. The summed E-state index contributed by atoms with van der Waals surface area (Å²) in [5, 5.41) is 115. The van der Waals surface area contributed by atoms with Gasteiger partial charge in [0.25, 0.3) is 0 Å². The monoisotopic (exact) mass is 1630 g/mol. The highest BCUT2D eigenvalue weighted by molar-refractivity contribution is 5.79. The van der Waals surface area contributed by atoms with E-state index in [0.717, 1.165) is 0 Å². The molecule has 113 heavy (non-hydrogen) atoms. The molecule has 0 aromatic rings. The fourth-order valence-electron chi connectivity index (χ4n) is 12.6. The molecule has 4 aliphatic rings. The molecule has 4 rings (SSSR count). The molecule has 4 fully saturated rings. The lowest BCUT2D eigenvalue weighted by atomic mass is 9.92. The van der Waals surface area contributed by atoms with Gasteiger partial charge in [0.2, 0.25) is 59.1 Å². The van der Waals surface area contributed by atoms with Crippen molar-refractivity contribution in [3.8, 4) is 0 Å². The summed E-state index contributed by atoms with van der Waals surface area (Å²) in [6.07, 6.45) is -10.2. The first-order chi connectivity index (χ1) is 54.1. The van der Waals surface area contributed by atoms with Gasteiger partial charge in [0.05, 0.1) is 96.7 Å². The molecule has 4 saturated heterocycles. The SMILES string of the molecule is CC(=O)NC1C(OCCCCC(=O)NCCCNC(=O)CCOCC(COCCC(=O)NCCCNC(=O)CCCCOC2OC(CO)C(O)C(O)C2NC(C)=O)(COCCC(=O)NCCCNC(=O)CCCCOC2OC(CO)C(O)C(O)C2NC(C)=O)COCCC(=O)N2CCC(OC(C)C)CC2)OC(CO)C(O)C1O. The van der Waals surface area contributed by atoms with E-state index in [1.807, 2.05) is 13.8 Å². The van der Waals surface area contributed by atoms with Crippen LogP contribution >= 0.6 is 0 Å². The number of likely N-dealkylation sites (tertiary alicyclic amines) is 1. The Hall–Kier alpha value is -6.10. The van der Waals surface area contributed by atoms with Crippen LogP contribution in [-0.2, 0) is 100 Å². The number of aliphatic hydroxyl groups is 9. The van der Waals surface area contributed by atoms with Gasteiger partial charge < -0.3 is 151 Å². The molecule has 4 aliphatic heterocycles. The van der Waals surface area contributed by atoms with Crippen LogP contribution in [-0.4, -0.2) is 359 Å². The zero-order valence-electron chi connectivity index (χ0n) is 66.1. The van der Waals surface area contributed by atoms with Crippen molar-refractivity contribution in [1.29, 1.82) is 0 Å². The fraction of sp³-hybridized carbons (Fsp3) is 0.863. The second kappa shape index (κ2) is 56.3. The summed E-state index contributed by atoms with van der Waals surface area (Å²) < 4.78 is 64.5. The summed E-state index contributed by atoms with van der Waals surface area (Å²) in [5.41, 5.74) is -1.13. The Bertz CT molecular complexity index is 2540. The van der Waals surface area contributed by atoms with E-state index in [2.05, 4.69) is 47.9 Å². The first-order valence-electron chi connectivity index (χ1n) is 39.5. The molecule has 0 spiro atoms. The Labute approximate surface area is 660 Å². The summed E-state index contributed by atoms with van der Waals surface area (Å²) >= 11 is 0. The summed E-state index contributed by atoms with van der Waals surface area (Å²) in [4.78, 5) is 128. The molecule has 0 aromatic carbocycles. The Kier molecular flexibility index (Phi) is 49.4. The highest BCUT2D eigenvalue weighted by Gasteiger charge is 2.48. The molecular weight excluding hydrogens is 1500 g/mol. The first kappa shape index (κ1) is 99.3. The Balaban J connectivity index is 1.27. The van der Waals surface area contributed by atoms with Gasteiger partial charge in [0, 0.05) is 131 Å². The van der Waals surface area contributed by atoms with Gasteiger partial charge in [-0.1, -0.05) is 0 Å². The van der Waals surface area contributed by atoms with Crippen LogP contribution in [0.15, 0.2) is 0 Å². The summed E-state index contributed by atoms with van der Waals surface area (Å²) in [7, 11) is 0. The molecule has 15 unspecified atom stereocenters. The van der Waals surface area contributed by atoms with E-state index < -0.39 is 135 Å². The van der Waals surface area contributed by atoms with Gasteiger partial charge in [-0.05, 0) is 84.5 Å². The van der Waals surface area contributed by atoms with E-state index in [4.69, 9.17) is 52.1 Å². The van der Waals surface area contributed by atoms with Gasteiger partial charge in [-0.25, -0.2) is 0 Å². The molecule has 18 N–H and O–H groups in total. The topological polar surface area (TPSA) is 566 Å². The molecule has 0 saturated carbocycles. The summed E-state index contributed by atoms with van der Waals surface area (Å²) in [6.45, 7) is 8.02. The fourth-order valence-corrected chi connectivity index (χ4v) is 12.6. The van der Waals surface area contributed by atoms with Gasteiger partial charge in [0.1, 0.15) is 73.1 Å². The Morgan fingerprint density at radius 1 is 0.381 bits per heavy atom. The lowest BCUT2D eigenvalue weighted by molar-refractivity contribution is -0.270. The number of hydrogen-bond acceptors (Lipinski definition) is 30. The van der Waals surface area contributed by atoms with Gasteiger partial charge >= 0.3 is 0 Å². The maximum absolute atomic E-state index is 13.4. The molecule has 0 aliphatic carbocycles. The number of piperidine rings is 1. The predicted octanol–water partition coefficient (Wildman–Crippen LogP) is -5.73. The zero-order chi connectivity index (χ0) is 83.1. The third-order valence-electron chi connectivity index (χ3n) is 18.8. The lowest BCUT2D eigenvalue weighted by Gasteiger charge is -2.42. The van der Waals surface area contributed by atoms with Crippen molar-refractivity contribution in [2.45, 2.75) is 254 Å². The molecular formula is C73H130N10O30. The molecule has 652 valence electrons. The van der Waals surface area contributed by atoms with Crippen molar-refractivity contribution < 1.29 is 146 Å². The van der Waals surface area contributed by atoms with Crippen molar-refractivity contribution in [3.63, 3.8) is 0 Å². The highest BCUT2D eigenvalue weighted by atomic mass is 16.7. The number of carbonyl (C=O) groups excluding carboxylic acids is 10. The maximum Gasteiger partial charge on any atom is 0.224 e. The molecule has 40 nitrogen and oxygen atoms in total. The van der Waals surface area contributed by atoms with Crippen LogP contribution < -0.4 is 47.9 Å². The first-order valence-corrected chi connectivity index (χ1v) is 39.5. The lowest BCUT2D eigenvalue weighted by Crippen LogP contribution is -2.64. The molecule has 40 heteroatoms. The Morgan fingerprint density at radius 3 is 0.920 bits per heavy atom. The third-order valence-corrected chi connectivity index (χ3v) is 18.8. The number of ether oxygens (including phenoxy) is 11. The highest BCUT2D eigenvalue weighted by Crippen LogP contribution is 2.27. The molecule has 0 aromatic heterocycles. The van der Waals surface area contributed by atoms with Gasteiger partial charge in [-0.2, -0.15) is 0 Å². The van der Waals surface area contributed by atoms with Crippen molar-refractivity contribution in [3.05, 3.63) is 0 Å². The Morgan fingerprint density at radius 2 is 0.655 bits per heavy atom. The van der Waals surface area contributed by atoms with Gasteiger partial charge in [0.15, 0.2) is 18.9 Å². The van der Waals surface area contributed by atoms with E-state index in [1.165, 1.54) is 20.8 Å². The average molecular weight is 1630 g/mol. The average Bonchev–Trinajstić information content (AvgIpc) is 0.817. The second-order valence-corrected chi connectivity index (χ2v) is 28.9. The minimum Gasteiger partial charge on any atom is -0.394 e. The number of nitrogens with one attached hydrogen (secondary N) is 9. The van der Waals surface area contributed by atoms with Crippen molar-refractivity contribution >= 4 is 59.1 Å². The van der Waals surface area contributed by atoms with Crippen LogP contribution in [0.25, 0.3) is 0 Å². The number of aliphatic hydroxyl groups excluding tert-OH is 9. The summed E-state index contributed by atoms with van der Waals surface area (Å²) in [6, 6.07) is -3.27. The number of rotatable bonds is 58. The third kappa shape index (κ3) is 39.6. The van der Waals surface area contributed by atoms with E-state index in [0.29, 0.717) is 83.7 Å². The van der Waals surface area contributed by atoms with Crippen LogP contribution in [0, 0.1) is 5.41 Å². The van der Waals surface area contributed by atoms with E-state index >= 15 is 0 Å². The molecule has 15 atom stereocenters. The molecule has 10 amide bonds. The van der Waals surface area contributed by atoms with Crippen LogP contribution in [0.3, 0.4) is 0 Å². The van der Waals surface area contributed by atoms with Crippen molar-refractivity contribution in [1.82, 2.24) is 52.8 Å². The quantitative estimate of drug-likeness (QED) is 0.0252. The van der Waals surface area contributed by atoms with Gasteiger partial charge in [-0.15, -0.1) is 0 Å². The minimum atomic E-state index is -1.46. The van der Waals surface area contributed by atoms with Crippen LogP contribution in [0.1, 0.15) is 150 Å². The van der Waals surface area contributed by atoms with E-state index in [-0.39, 0.29) is 210 Å². The van der Waals surface area contributed by atoms with Crippen LogP contribution in [0.2, 0.25) is 0 Å². The van der Waals surface area contributed by atoms with Gasteiger partial charge in [-0.3, -0.25) is 47.9 Å². The maximum atomic E-state index is 13.4.